The van der Waals surface area contributed by atoms with Crippen LogP contribution < -0.4 is 0 Å². The maximum atomic E-state index is 12.3. The van der Waals surface area contributed by atoms with Crippen molar-refractivity contribution < 1.29 is 4.79 Å². The van der Waals surface area contributed by atoms with E-state index >= 15 is 0 Å². The highest BCUT2D eigenvalue weighted by atomic mass is 16.2. The van der Waals surface area contributed by atoms with Gasteiger partial charge in [-0.3, -0.25) is 4.79 Å². The van der Waals surface area contributed by atoms with Crippen LogP contribution in [-0.4, -0.2) is 17.9 Å². The first kappa shape index (κ1) is 16.3. The standard InChI is InChI=1S/C20H25NO/c1-15-5-8-19(9-6-15)14-21(4)20(22)12-11-18-10-7-16(2)17(3)13-18/h5-10,13H,11-12,14H2,1-4H3. The van der Waals surface area contributed by atoms with Gasteiger partial charge in [0, 0.05) is 20.0 Å². The molecule has 0 fully saturated rings. The van der Waals surface area contributed by atoms with Gasteiger partial charge in [0.25, 0.3) is 0 Å². The summed E-state index contributed by atoms with van der Waals surface area (Å²) in [6.45, 7) is 6.97. The van der Waals surface area contributed by atoms with Crippen LogP contribution in [-0.2, 0) is 17.8 Å². The Morgan fingerprint density at radius 2 is 1.55 bits per heavy atom. The van der Waals surface area contributed by atoms with Gasteiger partial charge in [-0.15, -0.1) is 0 Å². The summed E-state index contributed by atoms with van der Waals surface area (Å²) in [5.41, 5.74) is 6.24. The molecule has 0 heterocycles. The van der Waals surface area contributed by atoms with Crippen molar-refractivity contribution in [1.29, 1.82) is 0 Å². The van der Waals surface area contributed by atoms with Crippen LogP contribution in [0.5, 0.6) is 0 Å². The number of amides is 1. The minimum absolute atomic E-state index is 0.193. The zero-order valence-corrected chi connectivity index (χ0v) is 14.0. The van der Waals surface area contributed by atoms with E-state index in [2.05, 4.69) is 63.2 Å². The molecule has 0 N–H and O–H groups in total. The van der Waals surface area contributed by atoms with E-state index in [0.29, 0.717) is 13.0 Å². The topological polar surface area (TPSA) is 20.3 Å². The molecule has 116 valence electrons. The molecular formula is C20H25NO. The van der Waals surface area contributed by atoms with E-state index in [4.69, 9.17) is 0 Å². The van der Waals surface area contributed by atoms with E-state index in [1.54, 1.807) is 0 Å². The number of nitrogens with zero attached hydrogens (tertiary/aromatic N) is 1. The monoisotopic (exact) mass is 295 g/mol. The molecule has 0 unspecified atom stereocenters. The third-order valence-corrected chi connectivity index (χ3v) is 4.16. The van der Waals surface area contributed by atoms with Crippen LogP contribution in [0.1, 0.15) is 34.2 Å². The quantitative estimate of drug-likeness (QED) is 0.809. The molecule has 0 saturated heterocycles. The highest BCUT2D eigenvalue weighted by Crippen LogP contribution is 2.13. The minimum atomic E-state index is 0.193. The van der Waals surface area contributed by atoms with Crippen LogP contribution in [0.25, 0.3) is 0 Å². The van der Waals surface area contributed by atoms with Crippen LogP contribution in [0.15, 0.2) is 42.5 Å². The van der Waals surface area contributed by atoms with Gasteiger partial charge in [0.05, 0.1) is 0 Å². The summed E-state index contributed by atoms with van der Waals surface area (Å²) in [5, 5.41) is 0. The third-order valence-electron chi connectivity index (χ3n) is 4.16. The van der Waals surface area contributed by atoms with Gasteiger partial charge in [0.2, 0.25) is 5.91 Å². The molecular weight excluding hydrogens is 270 g/mol. The normalized spacial score (nSPS) is 10.5. The maximum absolute atomic E-state index is 12.3. The molecule has 0 radical (unpaired) electrons. The molecule has 0 aliphatic carbocycles. The van der Waals surface area contributed by atoms with Crippen LogP contribution in [0.3, 0.4) is 0 Å². The Morgan fingerprint density at radius 1 is 0.909 bits per heavy atom. The first-order valence-corrected chi connectivity index (χ1v) is 7.81. The summed E-state index contributed by atoms with van der Waals surface area (Å²) >= 11 is 0. The van der Waals surface area contributed by atoms with E-state index in [1.807, 2.05) is 11.9 Å². The van der Waals surface area contributed by atoms with Crippen molar-refractivity contribution >= 4 is 5.91 Å². The van der Waals surface area contributed by atoms with E-state index < -0.39 is 0 Å². The van der Waals surface area contributed by atoms with Crippen molar-refractivity contribution in [3.63, 3.8) is 0 Å². The summed E-state index contributed by atoms with van der Waals surface area (Å²) in [7, 11) is 1.88. The lowest BCUT2D eigenvalue weighted by atomic mass is 10.0. The maximum Gasteiger partial charge on any atom is 0.222 e. The highest BCUT2D eigenvalue weighted by Gasteiger charge is 2.09. The fourth-order valence-electron chi connectivity index (χ4n) is 2.46. The van der Waals surface area contributed by atoms with Gasteiger partial charge < -0.3 is 4.90 Å². The van der Waals surface area contributed by atoms with Crippen molar-refractivity contribution in [3.05, 3.63) is 70.3 Å². The second kappa shape index (κ2) is 7.26. The Hall–Kier alpha value is -2.09. The van der Waals surface area contributed by atoms with E-state index in [0.717, 1.165) is 6.42 Å². The fraction of sp³-hybridized carbons (Fsp3) is 0.350. The highest BCUT2D eigenvalue weighted by molar-refractivity contribution is 5.76. The average Bonchev–Trinajstić information content (AvgIpc) is 2.50. The predicted octanol–water partition coefficient (Wildman–Crippen LogP) is 4.20. The lowest BCUT2D eigenvalue weighted by molar-refractivity contribution is -0.130. The Labute approximate surface area is 133 Å². The lowest BCUT2D eigenvalue weighted by Crippen LogP contribution is -2.26. The first-order chi connectivity index (χ1) is 10.5. The summed E-state index contributed by atoms with van der Waals surface area (Å²) in [6, 6.07) is 14.8. The Bertz CT molecular complexity index is 643. The molecule has 2 nitrogen and oxygen atoms in total. The molecule has 0 aliphatic rings. The van der Waals surface area contributed by atoms with Gasteiger partial charge in [0.1, 0.15) is 0 Å². The van der Waals surface area contributed by atoms with Gasteiger partial charge in [0.15, 0.2) is 0 Å². The molecule has 0 bridgehead atoms. The Kier molecular flexibility index (Phi) is 5.37. The van der Waals surface area contributed by atoms with Crippen LogP contribution in [0, 0.1) is 20.8 Å². The summed E-state index contributed by atoms with van der Waals surface area (Å²) in [4.78, 5) is 14.1. The summed E-state index contributed by atoms with van der Waals surface area (Å²) < 4.78 is 0. The van der Waals surface area contributed by atoms with Gasteiger partial charge in [-0.25, -0.2) is 0 Å². The molecule has 0 aromatic heterocycles. The van der Waals surface area contributed by atoms with E-state index in [-0.39, 0.29) is 5.91 Å². The second-order valence-corrected chi connectivity index (χ2v) is 6.15. The summed E-state index contributed by atoms with van der Waals surface area (Å²) in [6.07, 6.45) is 1.36. The van der Waals surface area contributed by atoms with Crippen molar-refractivity contribution in [2.45, 2.75) is 40.2 Å². The van der Waals surface area contributed by atoms with Crippen molar-refractivity contribution in [1.82, 2.24) is 4.90 Å². The molecule has 2 heteroatoms. The molecule has 1 amide bonds. The molecule has 0 atom stereocenters. The smallest absolute Gasteiger partial charge is 0.222 e. The van der Waals surface area contributed by atoms with Gasteiger partial charge in [-0.05, 0) is 49.4 Å². The van der Waals surface area contributed by atoms with Crippen LogP contribution in [0.4, 0.5) is 0 Å². The summed E-state index contributed by atoms with van der Waals surface area (Å²) in [5.74, 6) is 0.193. The third kappa shape index (κ3) is 4.45. The number of aryl methyl sites for hydroxylation is 4. The predicted molar refractivity (Wildman–Crippen MR) is 91.9 cm³/mol. The van der Waals surface area contributed by atoms with Crippen LogP contribution >= 0.6 is 0 Å². The van der Waals surface area contributed by atoms with Gasteiger partial charge in [-0.2, -0.15) is 0 Å². The number of hydrogen-bond donors (Lipinski definition) is 0. The lowest BCUT2D eigenvalue weighted by Gasteiger charge is -2.17. The zero-order valence-electron chi connectivity index (χ0n) is 14.0. The second-order valence-electron chi connectivity index (χ2n) is 6.15. The van der Waals surface area contributed by atoms with Crippen LogP contribution in [0.2, 0.25) is 0 Å². The van der Waals surface area contributed by atoms with Crippen molar-refractivity contribution in [3.8, 4) is 0 Å². The molecule has 0 saturated carbocycles. The SMILES string of the molecule is Cc1ccc(CN(C)C(=O)CCc2ccc(C)c(C)c2)cc1. The fourth-order valence-corrected chi connectivity index (χ4v) is 2.46. The van der Waals surface area contributed by atoms with Crippen molar-refractivity contribution in [2.24, 2.45) is 0 Å². The Balaban J connectivity index is 1.88. The van der Waals surface area contributed by atoms with Gasteiger partial charge >= 0.3 is 0 Å². The molecule has 2 aromatic rings. The van der Waals surface area contributed by atoms with E-state index in [1.165, 1.54) is 27.8 Å². The molecule has 2 rings (SSSR count). The zero-order chi connectivity index (χ0) is 16.1. The number of carbonyl (C=O) groups is 1. The number of benzene rings is 2. The van der Waals surface area contributed by atoms with Crippen molar-refractivity contribution in [2.75, 3.05) is 7.05 Å². The first-order valence-electron chi connectivity index (χ1n) is 7.81. The molecule has 0 aliphatic heterocycles. The number of rotatable bonds is 5. The number of carbonyl (C=O) groups excluding carboxylic acids is 1. The average molecular weight is 295 g/mol. The molecule has 22 heavy (non-hydrogen) atoms. The largest absolute Gasteiger partial charge is 0.341 e. The Morgan fingerprint density at radius 3 is 2.18 bits per heavy atom. The van der Waals surface area contributed by atoms with Gasteiger partial charge in [-0.1, -0.05) is 48.0 Å². The molecule has 0 spiro atoms. The number of hydrogen-bond acceptors (Lipinski definition) is 1. The van der Waals surface area contributed by atoms with E-state index in [9.17, 15) is 4.79 Å². The molecule has 2 aromatic carbocycles. The minimum Gasteiger partial charge on any atom is -0.341 e.